The third-order valence-corrected chi connectivity index (χ3v) is 2.86. The van der Waals surface area contributed by atoms with Gasteiger partial charge in [-0.25, -0.2) is 9.97 Å². The first-order chi connectivity index (χ1) is 8.71. The summed E-state index contributed by atoms with van der Waals surface area (Å²) in [5.41, 5.74) is 0.0907. The molecule has 0 N–H and O–H groups in total. The van der Waals surface area contributed by atoms with Gasteiger partial charge in [-0.1, -0.05) is 20.8 Å². The van der Waals surface area contributed by atoms with Gasteiger partial charge >= 0.3 is 0 Å². The van der Waals surface area contributed by atoms with Crippen LogP contribution in [-0.2, 0) is 5.41 Å². The van der Waals surface area contributed by atoms with Crippen molar-refractivity contribution in [1.82, 2.24) is 14.9 Å². The maximum absolute atomic E-state index is 12.4. The lowest BCUT2D eigenvalue weighted by Crippen LogP contribution is -2.41. The molecule has 1 aliphatic rings. The molecule has 0 saturated carbocycles. The summed E-state index contributed by atoms with van der Waals surface area (Å²) < 4.78 is 5.53. The van der Waals surface area contributed by atoms with Crippen LogP contribution in [0.1, 0.15) is 50.9 Å². The van der Waals surface area contributed by atoms with Gasteiger partial charge in [0.05, 0.1) is 6.20 Å². The molecule has 102 valence electrons. The molecule has 0 aromatic carbocycles. The van der Waals surface area contributed by atoms with Gasteiger partial charge in [0, 0.05) is 11.5 Å². The molecule has 5 nitrogen and oxygen atoms in total. The van der Waals surface area contributed by atoms with Gasteiger partial charge in [0.25, 0.3) is 5.91 Å². The number of fused-ring (bicyclic) bond motifs is 1. The molecule has 0 saturated heterocycles. The maximum Gasteiger partial charge on any atom is 0.283 e. The average Bonchev–Trinajstić information content (AvgIpc) is 2.26. The number of hydrogen-bond acceptors (Lipinski definition) is 4. The monoisotopic (exact) mass is 261 g/mol. The van der Waals surface area contributed by atoms with Crippen LogP contribution in [-0.4, -0.2) is 26.8 Å². The number of nitrogens with zero attached hydrogens (tertiary/aromatic N) is 3. The van der Waals surface area contributed by atoms with Crippen molar-refractivity contribution in [1.29, 1.82) is 0 Å². The van der Waals surface area contributed by atoms with E-state index in [1.807, 2.05) is 34.6 Å². The Kier molecular flexibility index (Phi) is 3.08. The second-order valence-electron chi connectivity index (χ2n) is 5.92. The van der Waals surface area contributed by atoms with E-state index >= 15 is 0 Å². The van der Waals surface area contributed by atoms with Gasteiger partial charge in [-0.2, -0.15) is 0 Å². The molecule has 0 atom stereocenters. The van der Waals surface area contributed by atoms with E-state index in [9.17, 15) is 4.79 Å². The van der Waals surface area contributed by atoms with Gasteiger partial charge in [0.2, 0.25) is 0 Å². The van der Waals surface area contributed by atoms with Crippen molar-refractivity contribution in [3.8, 4) is 5.75 Å². The number of carbonyl (C=O) groups is 1. The Balaban J connectivity index is 2.51. The number of hydrogen-bond donors (Lipinski definition) is 0. The fourth-order valence-corrected chi connectivity index (χ4v) is 1.89. The molecule has 5 heteroatoms. The van der Waals surface area contributed by atoms with Crippen molar-refractivity contribution in [2.45, 2.75) is 46.1 Å². The molecule has 1 aromatic heterocycles. The van der Waals surface area contributed by atoms with Crippen LogP contribution < -0.4 is 4.74 Å². The zero-order chi connectivity index (χ0) is 14.4. The Hall–Kier alpha value is -1.91. The van der Waals surface area contributed by atoms with Crippen LogP contribution in [0.3, 0.4) is 0 Å². The molecule has 2 heterocycles. The van der Waals surface area contributed by atoms with Crippen molar-refractivity contribution < 1.29 is 9.53 Å². The van der Waals surface area contributed by atoms with E-state index in [0.717, 1.165) is 0 Å². The number of amides is 1. The second-order valence-corrected chi connectivity index (χ2v) is 5.92. The standard InChI is InChI=1S/C14H19N3O2/c1-8(2)17-9(3)19-10-7-15-13(14(4,5)6)16-11(10)12(17)18/h7-8H,3H2,1-2,4-6H3. The third kappa shape index (κ3) is 2.32. The zero-order valence-corrected chi connectivity index (χ0v) is 12.0. The highest BCUT2D eigenvalue weighted by Gasteiger charge is 2.34. The molecule has 0 fully saturated rings. The first-order valence-corrected chi connectivity index (χ1v) is 6.29. The van der Waals surface area contributed by atoms with Crippen molar-refractivity contribution in [3.63, 3.8) is 0 Å². The summed E-state index contributed by atoms with van der Waals surface area (Å²) in [5, 5.41) is 0. The Morgan fingerprint density at radius 3 is 2.53 bits per heavy atom. The average molecular weight is 261 g/mol. The summed E-state index contributed by atoms with van der Waals surface area (Å²) in [6.07, 6.45) is 1.55. The lowest BCUT2D eigenvalue weighted by molar-refractivity contribution is 0.0630. The first-order valence-electron chi connectivity index (χ1n) is 6.29. The fraction of sp³-hybridized carbons (Fsp3) is 0.500. The number of aromatic nitrogens is 2. The molecule has 0 spiro atoms. The van der Waals surface area contributed by atoms with Gasteiger partial charge in [0.1, 0.15) is 5.82 Å². The summed E-state index contributed by atoms with van der Waals surface area (Å²) in [7, 11) is 0. The van der Waals surface area contributed by atoms with Crippen LogP contribution in [0.4, 0.5) is 0 Å². The predicted molar refractivity (Wildman–Crippen MR) is 71.8 cm³/mol. The number of ether oxygens (including phenoxy) is 1. The van der Waals surface area contributed by atoms with Crippen molar-refractivity contribution in [2.75, 3.05) is 0 Å². The molecule has 0 bridgehead atoms. The molecule has 1 amide bonds. The summed E-state index contributed by atoms with van der Waals surface area (Å²) in [6.45, 7) is 13.6. The normalized spacial score (nSPS) is 15.6. The van der Waals surface area contributed by atoms with Gasteiger partial charge in [0.15, 0.2) is 17.3 Å². The molecule has 0 unspecified atom stereocenters. The minimum atomic E-state index is -0.216. The van der Waals surface area contributed by atoms with Crippen molar-refractivity contribution >= 4 is 5.91 Å². The highest BCUT2D eigenvalue weighted by atomic mass is 16.5. The smallest absolute Gasteiger partial charge is 0.283 e. The highest BCUT2D eigenvalue weighted by molar-refractivity contribution is 5.97. The zero-order valence-electron chi connectivity index (χ0n) is 12.0. The summed E-state index contributed by atoms with van der Waals surface area (Å²) in [6, 6.07) is -0.0267. The Labute approximate surface area is 113 Å². The Bertz CT molecular complexity index is 544. The summed E-state index contributed by atoms with van der Waals surface area (Å²) in [5.74, 6) is 1.13. The lowest BCUT2D eigenvalue weighted by Gasteiger charge is -2.32. The third-order valence-electron chi connectivity index (χ3n) is 2.86. The molecule has 1 aliphatic heterocycles. The Morgan fingerprint density at radius 2 is 2.00 bits per heavy atom. The number of carbonyl (C=O) groups excluding carboxylic acids is 1. The summed E-state index contributed by atoms with van der Waals surface area (Å²) in [4.78, 5) is 22.6. The molecule has 19 heavy (non-hydrogen) atoms. The van der Waals surface area contributed by atoms with Crippen molar-refractivity contribution in [3.05, 3.63) is 30.2 Å². The van der Waals surface area contributed by atoms with Gasteiger partial charge < -0.3 is 4.74 Å². The minimum absolute atomic E-state index is 0.0267. The van der Waals surface area contributed by atoms with E-state index in [1.54, 1.807) is 6.20 Å². The molecule has 0 radical (unpaired) electrons. The van der Waals surface area contributed by atoms with E-state index < -0.39 is 0 Å². The number of rotatable bonds is 1. The van der Waals surface area contributed by atoms with Crippen LogP contribution in [0, 0.1) is 0 Å². The molecular formula is C14H19N3O2. The minimum Gasteiger partial charge on any atom is -0.437 e. The van der Waals surface area contributed by atoms with Crippen LogP contribution in [0.25, 0.3) is 0 Å². The van der Waals surface area contributed by atoms with Crippen LogP contribution >= 0.6 is 0 Å². The summed E-state index contributed by atoms with van der Waals surface area (Å²) >= 11 is 0. The first kappa shape index (κ1) is 13.5. The van der Waals surface area contributed by atoms with Gasteiger partial charge in [-0.3, -0.25) is 9.69 Å². The molecule has 2 rings (SSSR count). The van der Waals surface area contributed by atoms with Gasteiger partial charge in [-0.05, 0) is 20.4 Å². The Morgan fingerprint density at radius 1 is 1.37 bits per heavy atom. The predicted octanol–water partition coefficient (Wildman–Crippen LogP) is 2.49. The van der Waals surface area contributed by atoms with Gasteiger partial charge in [-0.15, -0.1) is 0 Å². The molecular weight excluding hydrogens is 242 g/mol. The highest BCUT2D eigenvalue weighted by Crippen LogP contribution is 2.30. The second kappa shape index (κ2) is 4.33. The SMILES string of the molecule is C=C1Oc2cnc(C(C)(C)C)nc2C(=O)N1C(C)C. The van der Waals surface area contributed by atoms with E-state index in [0.29, 0.717) is 23.2 Å². The maximum atomic E-state index is 12.4. The van der Waals surface area contributed by atoms with Crippen LogP contribution in [0.15, 0.2) is 18.7 Å². The van der Waals surface area contributed by atoms with Crippen LogP contribution in [0.2, 0.25) is 0 Å². The fourth-order valence-electron chi connectivity index (χ4n) is 1.89. The van der Waals surface area contributed by atoms with E-state index in [2.05, 4.69) is 16.5 Å². The molecule has 0 aliphatic carbocycles. The van der Waals surface area contributed by atoms with Crippen LogP contribution in [0.5, 0.6) is 5.75 Å². The van der Waals surface area contributed by atoms with E-state index in [1.165, 1.54) is 4.90 Å². The lowest BCUT2D eigenvalue weighted by atomic mass is 9.95. The van der Waals surface area contributed by atoms with E-state index in [-0.39, 0.29) is 17.4 Å². The largest absolute Gasteiger partial charge is 0.437 e. The van der Waals surface area contributed by atoms with E-state index in [4.69, 9.17) is 4.74 Å². The molecule has 1 aromatic rings. The topological polar surface area (TPSA) is 55.3 Å². The van der Waals surface area contributed by atoms with Crippen molar-refractivity contribution in [2.24, 2.45) is 0 Å². The quantitative estimate of drug-likeness (QED) is 0.779.